The van der Waals surface area contributed by atoms with E-state index in [0.717, 1.165) is 40.7 Å². The average Bonchev–Trinajstić information content (AvgIpc) is 3.20. The Labute approximate surface area is 134 Å². The van der Waals surface area contributed by atoms with Crippen LogP contribution < -0.4 is 10.1 Å². The zero-order valence-electron chi connectivity index (χ0n) is 12.7. The second-order valence-electron chi connectivity index (χ2n) is 5.83. The zero-order valence-corrected chi connectivity index (χ0v) is 12.7. The molecule has 0 radical (unpaired) electrons. The molecule has 1 atom stereocenters. The van der Waals surface area contributed by atoms with Crippen LogP contribution in [0.25, 0.3) is 10.9 Å². The first-order valence-electron chi connectivity index (χ1n) is 7.87. The number of rotatable bonds is 4. The topological polar surface area (TPSA) is 54.1 Å². The van der Waals surface area contributed by atoms with Gasteiger partial charge in [-0.1, -0.05) is 36.4 Å². The molecule has 1 unspecified atom stereocenters. The summed E-state index contributed by atoms with van der Waals surface area (Å²) in [6.07, 6.45) is 2.77. The number of aromatic nitrogens is 1. The molecule has 2 heterocycles. The van der Waals surface area contributed by atoms with E-state index < -0.39 is 0 Å². The van der Waals surface area contributed by atoms with Crippen LogP contribution in [0.4, 0.5) is 0 Å². The molecule has 1 fully saturated rings. The SMILES string of the molecule is O=C1NCCC1c1c[nH]c2cccc(OCc3ccccc3)c12. The fraction of sp³-hybridized carbons (Fsp3) is 0.211. The highest BCUT2D eigenvalue weighted by Gasteiger charge is 2.29. The molecule has 0 bridgehead atoms. The van der Waals surface area contributed by atoms with Crippen molar-refractivity contribution in [1.82, 2.24) is 10.3 Å². The number of H-pyrrole nitrogens is 1. The number of ether oxygens (including phenoxy) is 1. The Morgan fingerprint density at radius 2 is 1.96 bits per heavy atom. The van der Waals surface area contributed by atoms with E-state index in [0.29, 0.717) is 6.61 Å². The molecule has 1 aliphatic heterocycles. The molecule has 4 heteroatoms. The fourth-order valence-electron chi connectivity index (χ4n) is 3.20. The normalized spacial score (nSPS) is 17.4. The molecule has 4 rings (SSSR count). The fourth-order valence-corrected chi connectivity index (χ4v) is 3.20. The van der Waals surface area contributed by atoms with Gasteiger partial charge in [-0.2, -0.15) is 0 Å². The molecular formula is C19H18N2O2. The standard InChI is InChI=1S/C19H18N2O2/c22-19-14(9-10-20-19)15-11-21-16-7-4-8-17(18(15)16)23-12-13-5-2-1-3-6-13/h1-8,11,14,21H,9-10,12H2,(H,20,22). The van der Waals surface area contributed by atoms with Gasteiger partial charge in [-0.05, 0) is 29.7 Å². The predicted molar refractivity (Wildman–Crippen MR) is 89.4 cm³/mol. The van der Waals surface area contributed by atoms with Crippen LogP contribution in [-0.2, 0) is 11.4 Å². The van der Waals surface area contributed by atoms with E-state index in [4.69, 9.17) is 4.74 Å². The van der Waals surface area contributed by atoms with Gasteiger partial charge in [0, 0.05) is 23.6 Å². The lowest BCUT2D eigenvalue weighted by molar-refractivity contribution is -0.120. The van der Waals surface area contributed by atoms with Crippen LogP contribution in [0.3, 0.4) is 0 Å². The predicted octanol–water partition coefficient (Wildman–Crippen LogP) is 3.35. The van der Waals surface area contributed by atoms with Crippen LogP contribution in [0.5, 0.6) is 5.75 Å². The molecule has 3 aromatic rings. The van der Waals surface area contributed by atoms with Crippen molar-refractivity contribution in [3.8, 4) is 5.75 Å². The lowest BCUT2D eigenvalue weighted by Crippen LogP contribution is -2.17. The van der Waals surface area contributed by atoms with Gasteiger partial charge < -0.3 is 15.0 Å². The summed E-state index contributed by atoms with van der Waals surface area (Å²) in [5, 5.41) is 3.93. The first-order valence-corrected chi connectivity index (χ1v) is 7.87. The van der Waals surface area contributed by atoms with Gasteiger partial charge in [0.05, 0.1) is 5.92 Å². The Morgan fingerprint density at radius 3 is 2.74 bits per heavy atom. The second kappa shape index (κ2) is 5.80. The number of amides is 1. The van der Waals surface area contributed by atoms with Crippen molar-refractivity contribution in [2.75, 3.05) is 6.54 Å². The lowest BCUT2D eigenvalue weighted by atomic mass is 9.97. The van der Waals surface area contributed by atoms with E-state index in [9.17, 15) is 4.79 Å². The molecule has 23 heavy (non-hydrogen) atoms. The first kappa shape index (κ1) is 13.9. The Balaban J connectivity index is 1.69. The summed E-state index contributed by atoms with van der Waals surface area (Å²) in [5.74, 6) is 0.830. The summed E-state index contributed by atoms with van der Waals surface area (Å²) in [7, 11) is 0. The van der Waals surface area contributed by atoms with E-state index in [1.807, 2.05) is 54.7 Å². The highest BCUT2D eigenvalue weighted by Crippen LogP contribution is 2.36. The Morgan fingerprint density at radius 1 is 1.09 bits per heavy atom. The van der Waals surface area contributed by atoms with E-state index in [1.165, 1.54) is 0 Å². The summed E-state index contributed by atoms with van der Waals surface area (Å²) >= 11 is 0. The van der Waals surface area contributed by atoms with Crippen molar-refractivity contribution < 1.29 is 9.53 Å². The Hall–Kier alpha value is -2.75. The van der Waals surface area contributed by atoms with Crippen LogP contribution >= 0.6 is 0 Å². The molecule has 1 aliphatic rings. The minimum absolute atomic E-state index is 0.0924. The third kappa shape index (κ3) is 2.57. The van der Waals surface area contributed by atoms with Gasteiger partial charge in [-0.3, -0.25) is 4.79 Å². The lowest BCUT2D eigenvalue weighted by Gasteiger charge is -2.11. The van der Waals surface area contributed by atoms with Crippen molar-refractivity contribution in [3.05, 3.63) is 65.9 Å². The maximum atomic E-state index is 12.0. The zero-order chi connectivity index (χ0) is 15.6. The van der Waals surface area contributed by atoms with Gasteiger partial charge in [0.15, 0.2) is 0 Å². The summed E-state index contributed by atoms with van der Waals surface area (Å²) in [6, 6.07) is 16.0. The van der Waals surface area contributed by atoms with Gasteiger partial charge in [0.1, 0.15) is 12.4 Å². The number of hydrogen-bond donors (Lipinski definition) is 2. The molecular weight excluding hydrogens is 288 g/mol. The van der Waals surface area contributed by atoms with E-state index in [-0.39, 0.29) is 11.8 Å². The van der Waals surface area contributed by atoms with Crippen molar-refractivity contribution in [3.63, 3.8) is 0 Å². The van der Waals surface area contributed by atoms with Gasteiger partial charge in [0.2, 0.25) is 5.91 Å². The highest BCUT2D eigenvalue weighted by atomic mass is 16.5. The Kier molecular flexibility index (Phi) is 3.50. The van der Waals surface area contributed by atoms with Crippen molar-refractivity contribution in [2.45, 2.75) is 18.9 Å². The molecule has 0 aliphatic carbocycles. The minimum atomic E-state index is -0.0924. The number of carbonyl (C=O) groups is 1. The largest absolute Gasteiger partial charge is 0.488 e. The molecule has 1 saturated heterocycles. The number of benzene rings is 2. The van der Waals surface area contributed by atoms with E-state index in [1.54, 1.807) is 0 Å². The highest BCUT2D eigenvalue weighted by molar-refractivity contribution is 5.96. The summed E-state index contributed by atoms with van der Waals surface area (Å²) in [5.41, 5.74) is 3.16. The number of nitrogens with one attached hydrogen (secondary N) is 2. The van der Waals surface area contributed by atoms with Crippen molar-refractivity contribution in [2.24, 2.45) is 0 Å². The van der Waals surface area contributed by atoms with Crippen molar-refractivity contribution >= 4 is 16.8 Å². The van der Waals surface area contributed by atoms with Crippen LogP contribution in [0.2, 0.25) is 0 Å². The third-order valence-corrected chi connectivity index (χ3v) is 4.36. The minimum Gasteiger partial charge on any atom is -0.488 e. The molecule has 4 nitrogen and oxygen atoms in total. The quantitative estimate of drug-likeness (QED) is 0.776. The molecule has 1 aromatic heterocycles. The first-order chi connectivity index (χ1) is 11.3. The van der Waals surface area contributed by atoms with Gasteiger partial charge in [-0.15, -0.1) is 0 Å². The van der Waals surface area contributed by atoms with E-state index >= 15 is 0 Å². The smallest absolute Gasteiger partial charge is 0.227 e. The summed E-state index contributed by atoms with van der Waals surface area (Å²) in [4.78, 5) is 15.3. The van der Waals surface area contributed by atoms with Crippen LogP contribution in [-0.4, -0.2) is 17.4 Å². The van der Waals surface area contributed by atoms with Gasteiger partial charge in [-0.25, -0.2) is 0 Å². The summed E-state index contributed by atoms with van der Waals surface area (Å²) < 4.78 is 6.05. The van der Waals surface area contributed by atoms with Crippen LogP contribution in [0.15, 0.2) is 54.7 Å². The second-order valence-corrected chi connectivity index (χ2v) is 5.83. The Bertz CT molecular complexity index is 839. The summed E-state index contributed by atoms with van der Waals surface area (Å²) in [6.45, 7) is 1.25. The van der Waals surface area contributed by atoms with Gasteiger partial charge in [0.25, 0.3) is 0 Å². The molecule has 2 N–H and O–H groups in total. The number of fused-ring (bicyclic) bond motifs is 1. The van der Waals surface area contributed by atoms with Gasteiger partial charge >= 0.3 is 0 Å². The maximum absolute atomic E-state index is 12.0. The van der Waals surface area contributed by atoms with Crippen molar-refractivity contribution in [1.29, 1.82) is 0 Å². The van der Waals surface area contributed by atoms with Crippen LogP contribution in [0.1, 0.15) is 23.5 Å². The molecule has 2 aromatic carbocycles. The molecule has 0 spiro atoms. The maximum Gasteiger partial charge on any atom is 0.227 e. The average molecular weight is 306 g/mol. The third-order valence-electron chi connectivity index (χ3n) is 4.36. The van der Waals surface area contributed by atoms with Crippen LogP contribution in [0, 0.1) is 0 Å². The number of carbonyl (C=O) groups excluding carboxylic acids is 1. The van der Waals surface area contributed by atoms with E-state index in [2.05, 4.69) is 10.3 Å². The number of aromatic amines is 1. The molecule has 116 valence electrons. The monoisotopic (exact) mass is 306 g/mol. The molecule has 1 amide bonds. The number of hydrogen-bond acceptors (Lipinski definition) is 2. The molecule has 0 saturated carbocycles.